The predicted molar refractivity (Wildman–Crippen MR) is 184 cm³/mol. The zero-order chi connectivity index (χ0) is 39.7. The van der Waals surface area contributed by atoms with Crippen LogP contribution < -0.4 is 16.0 Å². The summed E-state index contributed by atoms with van der Waals surface area (Å²) in [4.78, 5) is 106. The van der Waals surface area contributed by atoms with Gasteiger partial charge < -0.3 is 40.0 Å². The van der Waals surface area contributed by atoms with Crippen molar-refractivity contribution in [3.05, 3.63) is 23.8 Å². The number of ketones is 1. The van der Waals surface area contributed by atoms with Gasteiger partial charge in [-0.15, -0.1) is 0 Å². The number of phenolic OH excluding ortho intramolecular Hbond substituents is 1. The molecular weight excluding hydrogens is 682 g/mol. The van der Waals surface area contributed by atoms with E-state index in [4.69, 9.17) is 18.9 Å². The summed E-state index contributed by atoms with van der Waals surface area (Å²) in [7, 11) is 0. The van der Waals surface area contributed by atoms with Gasteiger partial charge in [0, 0.05) is 11.8 Å². The summed E-state index contributed by atoms with van der Waals surface area (Å²) in [5.41, 5.74) is -2.39. The number of carbonyl (C=O) groups is 8. The third kappa shape index (κ3) is 10.7. The van der Waals surface area contributed by atoms with Gasteiger partial charge in [-0.3, -0.25) is 24.0 Å². The standard InChI is InChI=1S/C36H51N3O13/c1-11-19(6)28-31(44)38-24(15-17(2)3)29(42)36(9,10)35(48)52-27(18(4)5)34(47)49-20(7)25(33(46)50-21(8)32(45)51-28)39-30(43)22-13-12-14-23(26(22)41)37-16-40/h12-14,16-21,24-25,27-28,41H,11,15H2,1-10H3,(H,37,40)(H,38,44)(H,39,43)/t19?,20-,21+,24+,25+,27+,28+/m1/s1. The average molecular weight is 734 g/mol. The summed E-state index contributed by atoms with van der Waals surface area (Å²) < 4.78 is 22.0. The maximum absolute atomic E-state index is 13.9. The fourth-order valence-electron chi connectivity index (χ4n) is 5.18. The zero-order valence-electron chi connectivity index (χ0n) is 31.3. The van der Waals surface area contributed by atoms with Gasteiger partial charge in [0.1, 0.15) is 11.5 Å². The van der Waals surface area contributed by atoms with Crippen molar-refractivity contribution in [1.29, 1.82) is 0 Å². The lowest BCUT2D eigenvalue weighted by Gasteiger charge is -2.32. The van der Waals surface area contributed by atoms with E-state index < -0.39 is 101 Å². The minimum atomic E-state index is -1.88. The quantitative estimate of drug-likeness (QED) is 0.0942. The lowest BCUT2D eigenvalue weighted by Crippen LogP contribution is -2.55. The first kappa shape index (κ1) is 43.1. The average Bonchev–Trinajstić information content (AvgIpc) is 3.06. The number of amides is 3. The molecule has 16 heteroatoms. The van der Waals surface area contributed by atoms with Crippen LogP contribution in [0.4, 0.5) is 5.69 Å². The van der Waals surface area contributed by atoms with Crippen LogP contribution in [0.5, 0.6) is 5.75 Å². The Labute approximate surface area is 303 Å². The number of esters is 4. The number of benzene rings is 1. The largest absolute Gasteiger partial charge is 0.505 e. The van der Waals surface area contributed by atoms with Gasteiger partial charge in [-0.05, 0) is 58.6 Å². The number of phenols is 1. The van der Waals surface area contributed by atoms with E-state index in [2.05, 4.69) is 16.0 Å². The molecule has 1 saturated heterocycles. The Balaban J connectivity index is 2.66. The van der Waals surface area contributed by atoms with Gasteiger partial charge in [0.15, 0.2) is 29.8 Å². The van der Waals surface area contributed by atoms with E-state index in [0.29, 0.717) is 6.42 Å². The van der Waals surface area contributed by atoms with Crippen molar-refractivity contribution in [3.63, 3.8) is 0 Å². The minimum Gasteiger partial charge on any atom is -0.505 e. The van der Waals surface area contributed by atoms with E-state index >= 15 is 0 Å². The maximum atomic E-state index is 13.9. The Hall–Kier alpha value is -5.02. The van der Waals surface area contributed by atoms with Gasteiger partial charge in [0.25, 0.3) is 11.8 Å². The molecule has 1 fully saturated rings. The number of para-hydroxylation sites is 1. The van der Waals surface area contributed by atoms with Crippen LogP contribution in [0.15, 0.2) is 18.2 Å². The Bertz CT molecular complexity index is 1520. The normalized spacial score (nSPS) is 25.8. The fourth-order valence-corrected chi connectivity index (χ4v) is 5.18. The van der Waals surface area contributed by atoms with Crippen LogP contribution in [0.2, 0.25) is 0 Å². The lowest BCUT2D eigenvalue weighted by atomic mass is 9.81. The highest BCUT2D eigenvalue weighted by molar-refractivity contribution is 6.07. The fraction of sp³-hybridized carbons (Fsp3) is 0.611. The van der Waals surface area contributed by atoms with E-state index in [0.717, 1.165) is 0 Å². The van der Waals surface area contributed by atoms with Crippen molar-refractivity contribution in [2.45, 2.75) is 119 Å². The summed E-state index contributed by atoms with van der Waals surface area (Å²) in [6.07, 6.45) is -5.48. The number of hydrogen-bond donors (Lipinski definition) is 4. The molecule has 1 unspecified atom stereocenters. The van der Waals surface area contributed by atoms with E-state index in [9.17, 15) is 43.5 Å². The Kier molecular flexibility index (Phi) is 15.3. The first-order valence-corrected chi connectivity index (χ1v) is 17.2. The SMILES string of the molecule is CCC(C)[C@@H]1OC(=O)[C@H](C)OC(=O)[C@@H](NC(=O)c2cccc(NC=O)c2O)[C@@H](C)OC(=O)[C@H](C(C)C)OC(=O)C(C)(C)C(=O)[C@H](CC(C)C)NC1=O. The number of nitrogens with one attached hydrogen (secondary N) is 3. The van der Waals surface area contributed by atoms with Crippen LogP contribution in [0, 0.1) is 23.2 Å². The van der Waals surface area contributed by atoms with Gasteiger partial charge in [-0.25, -0.2) is 14.4 Å². The van der Waals surface area contributed by atoms with Gasteiger partial charge in [0.05, 0.1) is 17.3 Å². The smallest absolute Gasteiger partial charge is 0.348 e. The van der Waals surface area contributed by atoms with Crippen LogP contribution >= 0.6 is 0 Å². The lowest BCUT2D eigenvalue weighted by molar-refractivity contribution is -0.184. The summed E-state index contributed by atoms with van der Waals surface area (Å²) >= 11 is 0. The second kappa shape index (κ2) is 18.5. The molecule has 0 saturated carbocycles. The second-order valence-electron chi connectivity index (χ2n) is 14.1. The molecule has 0 aliphatic carbocycles. The molecule has 288 valence electrons. The third-order valence-corrected chi connectivity index (χ3v) is 8.63. The topological polar surface area (TPSA) is 230 Å². The number of hydrogen-bond acceptors (Lipinski definition) is 13. The van der Waals surface area contributed by atoms with Crippen molar-refractivity contribution in [2.24, 2.45) is 23.2 Å². The Morgan fingerprint density at radius 3 is 2.12 bits per heavy atom. The molecule has 0 spiro atoms. The number of carbonyl (C=O) groups excluding carboxylic acids is 8. The van der Waals surface area contributed by atoms with E-state index in [1.165, 1.54) is 45.9 Å². The van der Waals surface area contributed by atoms with Crippen molar-refractivity contribution in [3.8, 4) is 5.75 Å². The highest BCUT2D eigenvalue weighted by Gasteiger charge is 2.46. The molecule has 2 rings (SSSR count). The summed E-state index contributed by atoms with van der Waals surface area (Å²) in [6.45, 7) is 15.1. The van der Waals surface area contributed by atoms with E-state index in [-0.39, 0.29) is 30.0 Å². The predicted octanol–water partition coefficient (Wildman–Crippen LogP) is 2.59. The molecule has 1 aliphatic rings. The molecule has 1 aromatic rings. The van der Waals surface area contributed by atoms with Crippen LogP contribution in [0.1, 0.15) is 92.4 Å². The summed E-state index contributed by atoms with van der Waals surface area (Å²) in [5, 5.41) is 17.8. The number of aromatic hydroxyl groups is 1. The maximum Gasteiger partial charge on any atom is 0.348 e. The molecule has 0 aromatic heterocycles. The molecule has 1 aromatic carbocycles. The van der Waals surface area contributed by atoms with Gasteiger partial charge >= 0.3 is 23.9 Å². The van der Waals surface area contributed by atoms with Crippen molar-refractivity contribution >= 4 is 53.6 Å². The van der Waals surface area contributed by atoms with Gasteiger partial charge in [0.2, 0.25) is 12.5 Å². The second-order valence-corrected chi connectivity index (χ2v) is 14.1. The zero-order valence-corrected chi connectivity index (χ0v) is 31.3. The van der Waals surface area contributed by atoms with Crippen molar-refractivity contribution in [2.75, 3.05) is 5.32 Å². The number of cyclic esters (lactones) is 4. The van der Waals surface area contributed by atoms with Crippen LogP contribution in [-0.2, 0) is 52.5 Å². The highest BCUT2D eigenvalue weighted by Crippen LogP contribution is 2.29. The number of anilines is 1. The number of Topliss-reactive ketones (excluding diaryl/α,β-unsaturated/α-hetero) is 1. The molecule has 1 heterocycles. The van der Waals surface area contributed by atoms with Crippen molar-refractivity contribution in [1.82, 2.24) is 10.6 Å². The molecule has 52 heavy (non-hydrogen) atoms. The Morgan fingerprint density at radius 2 is 1.56 bits per heavy atom. The Morgan fingerprint density at radius 1 is 0.923 bits per heavy atom. The van der Waals surface area contributed by atoms with E-state index in [1.54, 1.807) is 27.7 Å². The minimum absolute atomic E-state index is 0.117. The van der Waals surface area contributed by atoms with Crippen LogP contribution in [0.3, 0.4) is 0 Å². The highest BCUT2D eigenvalue weighted by atomic mass is 16.6. The van der Waals surface area contributed by atoms with Crippen molar-refractivity contribution < 1.29 is 62.4 Å². The molecule has 16 nitrogen and oxygen atoms in total. The number of rotatable bonds is 9. The molecule has 0 radical (unpaired) electrons. The molecule has 3 amide bonds. The van der Waals surface area contributed by atoms with Gasteiger partial charge in [-0.1, -0.05) is 47.6 Å². The third-order valence-electron chi connectivity index (χ3n) is 8.63. The first-order chi connectivity index (χ1) is 24.2. The summed E-state index contributed by atoms with van der Waals surface area (Å²) in [6, 6.07) is 0.791. The molecule has 1 aliphatic heterocycles. The van der Waals surface area contributed by atoms with Gasteiger partial charge in [-0.2, -0.15) is 0 Å². The van der Waals surface area contributed by atoms with E-state index in [1.807, 2.05) is 13.8 Å². The first-order valence-electron chi connectivity index (χ1n) is 17.2. The number of ether oxygens (including phenoxy) is 4. The molecule has 7 atom stereocenters. The van der Waals surface area contributed by atoms with Crippen LogP contribution in [-0.4, -0.2) is 89.5 Å². The van der Waals surface area contributed by atoms with Crippen LogP contribution in [0.25, 0.3) is 0 Å². The molecule has 4 N–H and O–H groups in total. The molecular formula is C36H51N3O13. The summed E-state index contributed by atoms with van der Waals surface area (Å²) in [5.74, 6) is -9.27. The monoisotopic (exact) mass is 733 g/mol. The molecule has 0 bridgehead atoms.